The van der Waals surface area contributed by atoms with Gasteiger partial charge < -0.3 is 9.73 Å². The van der Waals surface area contributed by atoms with Crippen LogP contribution in [-0.2, 0) is 23.3 Å². The van der Waals surface area contributed by atoms with Crippen molar-refractivity contribution in [3.8, 4) is 0 Å². The van der Waals surface area contributed by atoms with E-state index in [1.807, 2.05) is 41.8 Å². The molecule has 2 aromatic carbocycles. The molecule has 0 unspecified atom stereocenters. The van der Waals surface area contributed by atoms with Crippen LogP contribution in [0.15, 0.2) is 63.1 Å². The minimum Gasteiger partial charge on any atom is -0.423 e. The normalized spacial score (nSPS) is 20.6. The number of aryl methyl sites for hydroxylation is 1. The molecule has 1 N–H and O–H groups in total. The number of urea groups is 1. The fourth-order valence-corrected chi connectivity index (χ4v) is 6.00. The van der Waals surface area contributed by atoms with Gasteiger partial charge in [0, 0.05) is 21.9 Å². The van der Waals surface area contributed by atoms with Crippen molar-refractivity contribution in [3.05, 3.63) is 80.3 Å². The van der Waals surface area contributed by atoms with Crippen LogP contribution in [0.2, 0.25) is 0 Å². The largest absolute Gasteiger partial charge is 0.423 e. The van der Waals surface area contributed by atoms with Crippen LogP contribution in [-0.4, -0.2) is 16.8 Å². The molecule has 1 spiro atoms. The van der Waals surface area contributed by atoms with Gasteiger partial charge in [-0.05, 0) is 53.1 Å². The summed E-state index contributed by atoms with van der Waals surface area (Å²) in [4.78, 5) is 41.2. The van der Waals surface area contributed by atoms with Gasteiger partial charge >= 0.3 is 11.7 Å². The lowest BCUT2D eigenvalue weighted by Crippen LogP contribution is -2.46. The fourth-order valence-electron chi connectivity index (χ4n) is 5.00. The van der Waals surface area contributed by atoms with E-state index >= 15 is 0 Å². The number of fused-ring (bicyclic) bond motifs is 5. The number of carbonyl (C=O) groups excluding carboxylic acids is 2. The number of amides is 3. The number of hydrogen-bond acceptors (Lipinski definition) is 5. The Bertz CT molecular complexity index is 1450. The number of thiophene rings is 1. The minimum atomic E-state index is -0.998. The SMILES string of the molecule is O=C1N[C@]2(CCCc3sccc32)C(=O)N1Cc1cc(=O)oc2ccc3ccccc3c12. The van der Waals surface area contributed by atoms with Gasteiger partial charge in [-0.25, -0.2) is 9.59 Å². The molecule has 3 amide bonds. The van der Waals surface area contributed by atoms with Gasteiger partial charge in [0.05, 0.1) is 6.54 Å². The average molecular weight is 430 g/mol. The third-order valence-electron chi connectivity index (χ3n) is 6.38. The first-order valence-electron chi connectivity index (χ1n) is 10.2. The van der Waals surface area contributed by atoms with E-state index in [1.54, 1.807) is 17.4 Å². The summed E-state index contributed by atoms with van der Waals surface area (Å²) in [5, 5.41) is 7.61. The molecule has 2 aromatic heterocycles. The maximum atomic E-state index is 13.6. The van der Waals surface area contributed by atoms with E-state index in [2.05, 4.69) is 5.32 Å². The predicted octanol–water partition coefficient (Wildman–Crippen LogP) is 4.29. The summed E-state index contributed by atoms with van der Waals surface area (Å²) >= 11 is 1.62. The molecule has 4 aromatic rings. The number of nitrogens with one attached hydrogen (secondary N) is 1. The second-order valence-corrected chi connectivity index (χ2v) is 9.09. The first kappa shape index (κ1) is 18.3. The van der Waals surface area contributed by atoms with Crippen molar-refractivity contribution in [2.75, 3.05) is 0 Å². The Kier molecular flexibility index (Phi) is 3.86. The summed E-state index contributed by atoms with van der Waals surface area (Å²) in [6.45, 7) is 0.0159. The van der Waals surface area contributed by atoms with Gasteiger partial charge in [-0.3, -0.25) is 9.69 Å². The Hall–Kier alpha value is -3.45. The van der Waals surface area contributed by atoms with Gasteiger partial charge in [-0.15, -0.1) is 11.3 Å². The standard InChI is InChI=1S/C24H18N2O4S/c27-20-12-15(21-16-5-2-1-4-14(16)7-8-18(21)30-20)13-26-22(28)24(25-23(26)29)10-3-6-19-17(24)9-11-31-19/h1-2,4-5,7-9,11-12H,3,6,10,13H2,(H,25,29)/t24-/m0/s1. The van der Waals surface area contributed by atoms with Crippen LogP contribution in [0.4, 0.5) is 4.79 Å². The first-order chi connectivity index (χ1) is 15.1. The molecule has 2 aliphatic rings. The summed E-state index contributed by atoms with van der Waals surface area (Å²) < 4.78 is 5.42. The van der Waals surface area contributed by atoms with Gasteiger partial charge in [-0.2, -0.15) is 0 Å². The Balaban J connectivity index is 1.48. The van der Waals surface area contributed by atoms with Crippen LogP contribution in [0, 0.1) is 0 Å². The quantitative estimate of drug-likeness (QED) is 0.292. The molecule has 1 aliphatic heterocycles. The van der Waals surface area contributed by atoms with Crippen LogP contribution >= 0.6 is 11.3 Å². The van der Waals surface area contributed by atoms with E-state index in [9.17, 15) is 14.4 Å². The van der Waals surface area contributed by atoms with Gasteiger partial charge in [0.2, 0.25) is 0 Å². The maximum absolute atomic E-state index is 13.6. The van der Waals surface area contributed by atoms with Crippen molar-refractivity contribution in [1.29, 1.82) is 0 Å². The van der Waals surface area contributed by atoms with Crippen molar-refractivity contribution in [3.63, 3.8) is 0 Å². The zero-order valence-electron chi connectivity index (χ0n) is 16.5. The van der Waals surface area contributed by atoms with Gasteiger partial charge in [0.25, 0.3) is 5.91 Å². The smallest absolute Gasteiger partial charge is 0.336 e. The Labute approximate surface area is 181 Å². The molecule has 6 rings (SSSR count). The summed E-state index contributed by atoms with van der Waals surface area (Å²) in [6, 6.07) is 14.3. The third kappa shape index (κ3) is 2.59. The molecule has 3 heterocycles. The molecule has 0 saturated carbocycles. The zero-order chi connectivity index (χ0) is 21.2. The van der Waals surface area contributed by atoms with Gasteiger partial charge in [0.15, 0.2) is 0 Å². The lowest BCUT2D eigenvalue weighted by Gasteiger charge is -2.31. The van der Waals surface area contributed by atoms with Crippen molar-refractivity contribution in [2.45, 2.75) is 31.3 Å². The second kappa shape index (κ2) is 6.52. The van der Waals surface area contributed by atoms with Crippen molar-refractivity contribution in [2.24, 2.45) is 0 Å². The molecule has 154 valence electrons. The molecule has 0 radical (unpaired) electrons. The molecule has 1 atom stereocenters. The van der Waals surface area contributed by atoms with Crippen LogP contribution in [0.5, 0.6) is 0 Å². The molecule has 31 heavy (non-hydrogen) atoms. The molecule has 6 nitrogen and oxygen atoms in total. The van der Waals surface area contributed by atoms with E-state index in [-0.39, 0.29) is 12.5 Å². The first-order valence-corrected chi connectivity index (χ1v) is 11.1. The highest BCUT2D eigenvalue weighted by molar-refractivity contribution is 7.10. The Morgan fingerprint density at radius 1 is 1.10 bits per heavy atom. The zero-order valence-corrected chi connectivity index (χ0v) is 17.3. The Morgan fingerprint density at radius 3 is 2.87 bits per heavy atom. The van der Waals surface area contributed by atoms with Gasteiger partial charge in [0.1, 0.15) is 11.1 Å². The molecule has 1 saturated heterocycles. The van der Waals surface area contributed by atoms with Crippen LogP contribution in [0.1, 0.15) is 28.8 Å². The number of benzene rings is 2. The summed E-state index contributed by atoms with van der Waals surface area (Å²) in [5.41, 5.74) is 0.456. The molecule has 0 bridgehead atoms. The molecular formula is C24H18N2O4S. The van der Waals surface area contributed by atoms with E-state index in [0.29, 0.717) is 17.6 Å². The predicted molar refractivity (Wildman–Crippen MR) is 118 cm³/mol. The van der Waals surface area contributed by atoms with E-state index in [1.165, 1.54) is 11.0 Å². The lowest BCUT2D eigenvalue weighted by molar-refractivity contribution is -0.132. The maximum Gasteiger partial charge on any atom is 0.336 e. The molecule has 1 aliphatic carbocycles. The molecular weight excluding hydrogens is 412 g/mol. The summed E-state index contributed by atoms with van der Waals surface area (Å²) in [5.74, 6) is -0.251. The van der Waals surface area contributed by atoms with Crippen LogP contribution < -0.4 is 10.9 Å². The highest BCUT2D eigenvalue weighted by atomic mass is 32.1. The highest BCUT2D eigenvalue weighted by Gasteiger charge is 2.54. The summed E-state index contributed by atoms with van der Waals surface area (Å²) in [7, 11) is 0. The lowest BCUT2D eigenvalue weighted by atomic mass is 9.80. The summed E-state index contributed by atoms with van der Waals surface area (Å²) in [6.07, 6.45) is 2.35. The topological polar surface area (TPSA) is 79.6 Å². The number of carbonyl (C=O) groups is 2. The van der Waals surface area contributed by atoms with E-state index in [4.69, 9.17) is 4.42 Å². The minimum absolute atomic E-state index is 0.0159. The van der Waals surface area contributed by atoms with E-state index < -0.39 is 17.2 Å². The highest BCUT2D eigenvalue weighted by Crippen LogP contribution is 2.42. The number of imide groups is 1. The monoisotopic (exact) mass is 430 g/mol. The fraction of sp³-hybridized carbons (Fsp3) is 0.208. The van der Waals surface area contributed by atoms with Crippen LogP contribution in [0.3, 0.4) is 0 Å². The van der Waals surface area contributed by atoms with Gasteiger partial charge in [-0.1, -0.05) is 30.3 Å². The van der Waals surface area contributed by atoms with Crippen molar-refractivity contribution >= 4 is 45.0 Å². The third-order valence-corrected chi connectivity index (χ3v) is 7.36. The van der Waals surface area contributed by atoms with Crippen molar-refractivity contribution < 1.29 is 14.0 Å². The Morgan fingerprint density at radius 2 is 1.97 bits per heavy atom. The molecule has 1 fully saturated rings. The van der Waals surface area contributed by atoms with E-state index in [0.717, 1.165) is 39.4 Å². The van der Waals surface area contributed by atoms with Crippen LogP contribution in [0.25, 0.3) is 21.7 Å². The number of nitrogens with zero attached hydrogens (tertiary/aromatic N) is 1. The number of rotatable bonds is 2. The molecule has 7 heteroatoms. The second-order valence-electron chi connectivity index (χ2n) is 8.09. The average Bonchev–Trinajstić information content (AvgIpc) is 3.34. The number of hydrogen-bond donors (Lipinski definition) is 1. The van der Waals surface area contributed by atoms with Crippen molar-refractivity contribution in [1.82, 2.24) is 10.2 Å².